The molecule has 35 heavy (non-hydrogen) atoms. The van der Waals surface area contributed by atoms with Gasteiger partial charge in [0.2, 0.25) is 0 Å². The Morgan fingerprint density at radius 3 is 2.40 bits per heavy atom. The van der Waals surface area contributed by atoms with Crippen molar-refractivity contribution in [2.24, 2.45) is 10.2 Å². The average molecular weight is 525 g/mol. The molecule has 0 bridgehead atoms. The van der Waals surface area contributed by atoms with Crippen molar-refractivity contribution in [3.05, 3.63) is 64.4 Å². The first-order valence-electron chi connectivity index (χ1n) is 12.1. The molecule has 0 aliphatic carbocycles. The third-order valence-corrected chi connectivity index (χ3v) is 7.18. The SMILES string of the molecule is CC.Fc1ccc(N(Cc2ccc(C3=NN=C(C(F)F)C3)cc2)SCCCN2CCCC2)cc1Cl. The first-order valence-corrected chi connectivity index (χ1v) is 13.4. The average Bonchev–Trinajstić information content (AvgIpc) is 3.57. The number of hydrogen-bond donors (Lipinski definition) is 0. The number of anilines is 1. The monoisotopic (exact) mass is 524 g/mol. The second-order valence-electron chi connectivity index (χ2n) is 8.18. The molecular formula is C26H32ClF3N4S. The fourth-order valence-corrected chi connectivity index (χ4v) is 5.09. The molecule has 2 aliphatic heterocycles. The van der Waals surface area contributed by atoms with Gasteiger partial charge in [0.1, 0.15) is 11.5 Å². The van der Waals surface area contributed by atoms with Gasteiger partial charge < -0.3 is 9.21 Å². The normalized spacial score (nSPS) is 15.6. The molecule has 2 heterocycles. The van der Waals surface area contributed by atoms with E-state index in [0.29, 0.717) is 12.3 Å². The molecule has 1 fully saturated rings. The highest BCUT2D eigenvalue weighted by Gasteiger charge is 2.22. The van der Waals surface area contributed by atoms with Crippen LogP contribution in [0.4, 0.5) is 18.9 Å². The first-order chi connectivity index (χ1) is 17.0. The minimum Gasteiger partial charge on any atom is -0.312 e. The highest BCUT2D eigenvalue weighted by atomic mass is 35.5. The van der Waals surface area contributed by atoms with Gasteiger partial charge in [-0.25, -0.2) is 13.2 Å². The second kappa shape index (κ2) is 13.9. The summed E-state index contributed by atoms with van der Waals surface area (Å²) in [4.78, 5) is 2.49. The Balaban J connectivity index is 0.00000167. The van der Waals surface area contributed by atoms with Crippen LogP contribution in [0.2, 0.25) is 5.02 Å². The maximum atomic E-state index is 13.7. The summed E-state index contributed by atoms with van der Waals surface area (Å²) in [6, 6.07) is 12.5. The summed E-state index contributed by atoms with van der Waals surface area (Å²) < 4.78 is 41.5. The molecule has 1 saturated heterocycles. The van der Waals surface area contributed by atoms with E-state index in [9.17, 15) is 13.2 Å². The molecular weight excluding hydrogens is 493 g/mol. The Hall–Kier alpha value is -2.03. The molecule has 0 N–H and O–H groups in total. The van der Waals surface area contributed by atoms with Crippen LogP contribution in [0.25, 0.3) is 0 Å². The van der Waals surface area contributed by atoms with E-state index in [2.05, 4.69) is 19.4 Å². The quantitative estimate of drug-likeness (QED) is 0.239. The second-order valence-corrected chi connectivity index (χ2v) is 9.70. The van der Waals surface area contributed by atoms with E-state index < -0.39 is 12.2 Å². The summed E-state index contributed by atoms with van der Waals surface area (Å²) in [5.74, 6) is 0.500. The first kappa shape index (κ1) is 27.6. The number of halogens is 4. The molecule has 0 radical (unpaired) electrons. The topological polar surface area (TPSA) is 31.2 Å². The highest BCUT2D eigenvalue weighted by molar-refractivity contribution is 8.00. The standard InChI is InChI=1S/C24H26ClF3N4S.C2H6/c25-20-14-19(8-9-21(20)26)32(33-13-3-12-31-10-1-2-11-31)16-17-4-6-18(7-5-17)22-15-23(24(27)28)30-29-22;1-2/h4-9,14,24H,1-3,10-13,15-16H2;1-2H3. The molecule has 0 amide bonds. The van der Waals surface area contributed by atoms with Crippen LogP contribution in [0, 0.1) is 5.82 Å². The van der Waals surface area contributed by atoms with E-state index in [4.69, 9.17) is 11.6 Å². The predicted octanol–water partition coefficient (Wildman–Crippen LogP) is 7.46. The molecule has 0 aromatic heterocycles. The molecule has 9 heteroatoms. The van der Waals surface area contributed by atoms with Gasteiger partial charge in [-0.1, -0.05) is 49.7 Å². The van der Waals surface area contributed by atoms with Crippen molar-refractivity contribution in [3.63, 3.8) is 0 Å². The maximum absolute atomic E-state index is 13.7. The van der Waals surface area contributed by atoms with Gasteiger partial charge in [-0.3, -0.25) is 0 Å². The van der Waals surface area contributed by atoms with Crippen LogP contribution < -0.4 is 4.31 Å². The van der Waals surface area contributed by atoms with Gasteiger partial charge in [0.25, 0.3) is 6.43 Å². The van der Waals surface area contributed by atoms with Crippen molar-refractivity contribution in [1.82, 2.24) is 4.90 Å². The van der Waals surface area contributed by atoms with E-state index in [1.54, 1.807) is 24.1 Å². The van der Waals surface area contributed by atoms with Crippen molar-refractivity contribution >= 4 is 40.7 Å². The fourth-order valence-electron chi connectivity index (χ4n) is 3.94. The van der Waals surface area contributed by atoms with Crippen molar-refractivity contribution in [3.8, 4) is 0 Å². The Morgan fingerprint density at radius 2 is 1.77 bits per heavy atom. The number of rotatable bonds is 10. The third kappa shape index (κ3) is 7.98. The van der Waals surface area contributed by atoms with Crippen molar-refractivity contribution in [1.29, 1.82) is 0 Å². The van der Waals surface area contributed by atoms with E-state index in [1.807, 2.05) is 38.1 Å². The minimum absolute atomic E-state index is 0.0735. The van der Waals surface area contributed by atoms with Crippen molar-refractivity contribution < 1.29 is 13.2 Å². The van der Waals surface area contributed by atoms with E-state index in [-0.39, 0.29) is 17.2 Å². The zero-order valence-corrected chi connectivity index (χ0v) is 21.8. The largest absolute Gasteiger partial charge is 0.312 e. The summed E-state index contributed by atoms with van der Waals surface area (Å²) in [6.07, 6.45) is 1.13. The van der Waals surface area contributed by atoms with Crippen molar-refractivity contribution in [2.75, 3.05) is 29.7 Å². The number of likely N-dealkylation sites (tertiary alicyclic amines) is 1. The van der Waals surface area contributed by atoms with Gasteiger partial charge in [-0.2, -0.15) is 10.2 Å². The van der Waals surface area contributed by atoms with Crippen LogP contribution in [-0.2, 0) is 6.54 Å². The van der Waals surface area contributed by atoms with Crippen LogP contribution in [0.3, 0.4) is 0 Å². The van der Waals surface area contributed by atoms with E-state index >= 15 is 0 Å². The number of hydrogen-bond acceptors (Lipinski definition) is 5. The van der Waals surface area contributed by atoms with Gasteiger partial charge in [0, 0.05) is 17.9 Å². The zero-order chi connectivity index (χ0) is 25.2. The lowest BCUT2D eigenvalue weighted by atomic mass is 10.0. The lowest BCUT2D eigenvalue weighted by molar-refractivity contribution is 0.224. The molecule has 4 nitrogen and oxygen atoms in total. The van der Waals surface area contributed by atoms with Crippen LogP contribution in [0.5, 0.6) is 0 Å². The van der Waals surface area contributed by atoms with E-state index in [0.717, 1.165) is 35.5 Å². The maximum Gasteiger partial charge on any atom is 0.278 e. The summed E-state index contributed by atoms with van der Waals surface area (Å²) in [7, 11) is 0. The van der Waals surface area contributed by atoms with Gasteiger partial charge in [0.05, 0.1) is 17.3 Å². The molecule has 190 valence electrons. The summed E-state index contributed by atoms with van der Waals surface area (Å²) in [5, 5.41) is 7.59. The zero-order valence-electron chi connectivity index (χ0n) is 20.2. The Bertz CT molecular complexity index is 1010. The Morgan fingerprint density at radius 1 is 1.06 bits per heavy atom. The minimum atomic E-state index is -2.58. The molecule has 0 spiro atoms. The van der Waals surface area contributed by atoms with Gasteiger partial charge >= 0.3 is 0 Å². The molecule has 2 aromatic rings. The molecule has 0 unspecified atom stereocenters. The number of nitrogens with zero attached hydrogens (tertiary/aromatic N) is 4. The molecule has 0 saturated carbocycles. The van der Waals surface area contributed by atoms with Gasteiger partial charge in [-0.15, -0.1) is 0 Å². The van der Waals surface area contributed by atoms with Gasteiger partial charge in [-0.05, 0) is 80.2 Å². The Kier molecular flexibility index (Phi) is 10.9. The molecule has 4 rings (SSSR count). The molecule has 2 aliphatic rings. The number of benzene rings is 2. The lowest BCUT2D eigenvalue weighted by Gasteiger charge is -2.24. The van der Waals surface area contributed by atoms with Crippen molar-refractivity contribution in [2.45, 2.75) is 52.5 Å². The smallest absolute Gasteiger partial charge is 0.278 e. The fraction of sp³-hybridized carbons (Fsp3) is 0.462. The summed E-state index contributed by atoms with van der Waals surface area (Å²) in [6.45, 7) is 8.05. The van der Waals surface area contributed by atoms with Crippen LogP contribution >= 0.6 is 23.5 Å². The van der Waals surface area contributed by atoms with Gasteiger partial charge in [0.15, 0.2) is 0 Å². The summed E-state index contributed by atoms with van der Waals surface area (Å²) in [5.41, 5.74) is 3.02. The van der Waals surface area contributed by atoms with Crippen LogP contribution in [0.15, 0.2) is 52.7 Å². The van der Waals surface area contributed by atoms with E-state index in [1.165, 1.54) is 32.0 Å². The highest BCUT2D eigenvalue weighted by Crippen LogP contribution is 2.30. The molecule has 2 aromatic carbocycles. The van der Waals surface area contributed by atoms with Crippen LogP contribution in [0.1, 0.15) is 50.7 Å². The predicted molar refractivity (Wildman–Crippen MR) is 143 cm³/mol. The third-order valence-electron chi connectivity index (χ3n) is 5.77. The molecule has 0 atom stereocenters. The lowest BCUT2D eigenvalue weighted by Crippen LogP contribution is -2.22. The van der Waals surface area contributed by atoms with Crippen LogP contribution in [-0.4, -0.2) is 48.1 Å². The summed E-state index contributed by atoms with van der Waals surface area (Å²) >= 11 is 7.74. The Labute approximate surface area is 215 Å². The number of alkyl halides is 2.